The Labute approximate surface area is 188 Å². The highest BCUT2D eigenvalue weighted by molar-refractivity contribution is 5.97. The number of carboxylic acids is 1. The molecule has 1 heterocycles. The van der Waals surface area contributed by atoms with Gasteiger partial charge in [-0.25, -0.2) is 0 Å². The highest BCUT2D eigenvalue weighted by atomic mass is 16.5. The van der Waals surface area contributed by atoms with E-state index in [1.807, 2.05) is 24.3 Å². The first kappa shape index (κ1) is 25.3. The molecule has 1 aliphatic heterocycles. The number of rotatable bonds is 13. The second-order valence-corrected chi connectivity index (χ2v) is 7.74. The van der Waals surface area contributed by atoms with Gasteiger partial charge in [-0.2, -0.15) is 0 Å². The van der Waals surface area contributed by atoms with Crippen LogP contribution in [0, 0.1) is 5.92 Å². The highest BCUT2D eigenvalue weighted by Crippen LogP contribution is 2.30. The van der Waals surface area contributed by atoms with E-state index < -0.39 is 29.8 Å². The van der Waals surface area contributed by atoms with Crippen LogP contribution in [0.15, 0.2) is 49.6 Å². The first-order chi connectivity index (χ1) is 15.4. The van der Waals surface area contributed by atoms with Gasteiger partial charge in [0.15, 0.2) is 0 Å². The molecule has 2 unspecified atom stereocenters. The van der Waals surface area contributed by atoms with E-state index in [4.69, 9.17) is 15.2 Å². The predicted molar refractivity (Wildman–Crippen MR) is 119 cm³/mol. The van der Waals surface area contributed by atoms with Gasteiger partial charge in [0.2, 0.25) is 5.91 Å². The summed E-state index contributed by atoms with van der Waals surface area (Å²) < 4.78 is 11.3. The Kier molecular flexibility index (Phi) is 10.1. The molecule has 1 saturated heterocycles. The SMILES string of the molecule is C=CCN(CC=C)[C@@H](CC(C(N)=O)C(=O)OCc1ccccc1C1CCCCO1)C(=O)O. The second-order valence-electron chi connectivity index (χ2n) is 7.74. The first-order valence-electron chi connectivity index (χ1n) is 10.7. The summed E-state index contributed by atoms with van der Waals surface area (Å²) in [4.78, 5) is 38.1. The number of primary amides is 1. The summed E-state index contributed by atoms with van der Waals surface area (Å²) in [5.41, 5.74) is 7.17. The van der Waals surface area contributed by atoms with E-state index in [1.165, 1.54) is 0 Å². The Morgan fingerprint density at radius 3 is 2.47 bits per heavy atom. The zero-order valence-electron chi connectivity index (χ0n) is 18.3. The Morgan fingerprint density at radius 2 is 1.91 bits per heavy atom. The van der Waals surface area contributed by atoms with Gasteiger partial charge in [-0.3, -0.25) is 19.3 Å². The number of carboxylic acid groups (broad SMARTS) is 1. The Balaban J connectivity index is 2.12. The van der Waals surface area contributed by atoms with Crippen LogP contribution < -0.4 is 5.73 Å². The van der Waals surface area contributed by atoms with Crippen molar-refractivity contribution in [3.05, 3.63) is 60.7 Å². The van der Waals surface area contributed by atoms with Gasteiger partial charge >= 0.3 is 11.9 Å². The van der Waals surface area contributed by atoms with E-state index in [0.717, 1.165) is 30.4 Å². The summed E-state index contributed by atoms with van der Waals surface area (Å²) in [6.07, 6.45) is 5.69. The molecule has 3 atom stereocenters. The van der Waals surface area contributed by atoms with Gasteiger partial charge in [-0.15, -0.1) is 13.2 Å². The summed E-state index contributed by atoms with van der Waals surface area (Å²) in [5.74, 6) is -4.35. The van der Waals surface area contributed by atoms with Crippen molar-refractivity contribution in [2.75, 3.05) is 19.7 Å². The lowest BCUT2D eigenvalue weighted by Gasteiger charge is -2.28. The minimum atomic E-state index is -1.40. The number of aliphatic carboxylic acids is 1. The Morgan fingerprint density at radius 1 is 1.22 bits per heavy atom. The number of hydrogen-bond acceptors (Lipinski definition) is 6. The number of carbonyl (C=O) groups is 3. The Hall–Kier alpha value is -2.97. The molecule has 3 N–H and O–H groups in total. The Bertz CT molecular complexity index is 808. The lowest BCUT2D eigenvalue weighted by Crippen LogP contribution is -2.46. The number of esters is 1. The maximum atomic E-state index is 12.7. The molecule has 1 aromatic carbocycles. The van der Waals surface area contributed by atoms with Crippen LogP contribution in [0.25, 0.3) is 0 Å². The molecule has 1 fully saturated rings. The van der Waals surface area contributed by atoms with Crippen LogP contribution in [0.4, 0.5) is 0 Å². The minimum Gasteiger partial charge on any atom is -0.480 e. The standard InChI is InChI=1S/C24H32N2O6/c1-3-12-26(13-4-2)20(23(28)29)15-19(22(25)27)24(30)32-16-17-9-5-6-10-18(17)21-11-7-8-14-31-21/h3-6,9-10,19-21H,1-2,7-8,11-16H2,(H2,25,27)(H,28,29)/t19?,20-,21?/m0/s1. The van der Waals surface area contributed by atoms with E-state index in [2.05, 4.69) is 13.2 Å². The third-order valence-electron chi connectivity index (χ3n) is 5.49. The van der Waals surface area contributed by atoms with Gasteiger partial charge in [0.25, 0.3) is 0 Å². The number of benzene rings is 1. The number of ether oxygens (including phenoxy) is 2. The fourth-order valence-electron chi connectivity index (χ4n) is 3.83. The molecule has 0 aliphatic carbocycles. The summed E-state index contributed by atoms with van der Waals surface area (Å²) in [7, 11) is 0. The first-order valence-corrected chi connectivity index (χ1v) is 10.7. The molecule has 32 heavy (non-hydrogen) atoms. The lowest BCUT2D eigenvalue weighted by atomic mass is 9.96. The molecule has 8 heteroatoms. The molecule has 1 aromatic rings. The van der Waals surface area contributed by atoms with Crippen LogP contribution in [0.1, 0.15) is 42.9 Å². The number of nitrogens with zero attached hydrogens (tertiary/aromatic N) is 1. The van der Waals surface area contributed by atoms with Gasteiger partial charge < -0.3 is 20.3 Å². The quantitative estimate of drug-likeness (QED) is 0.273. The fraction of sp³-hybridized carbons (Fsp3) is 0.458. The predicted octanol–water partition coefficient (Wildman–Crippen LogP) is 2.59. The smallest absolute Gasteiger partial charge is 0.320 e. The van der Waals surface area contributed by atoms with Crippen molar-refractivity contribution in [1.29, 1.82) is 0 Å². The van der Waals surface area contributed by atoms with Gasteiger partial charge in [0.05, 0.1) is 6.10 Å². The molecule has 174 valence electrons. The number of nitrogens with two attached hydrogens (primary N) is 1. The maximum absolute atomic E-state index is 12.7. The molecular formula is C24H32N2O6. The van der Waals surface area contributed by atoms with Crippen LogP contribution in [0.5, 0.6) is 0 Å². The van der Waals surface area contributed by atoms with Crippen molar-refractivity contribution in [2.24, 2.45) is 11.7 Å². The van der Waals surface area contributed by atoms with E-state index in [0.29, 0.717) is 6.61 Å². The molecule has 0 saturated carbocycles. The zero-order chi connectivity index (χ0) is 23.5. The number of hydrogen-bond donors (Lipinski definition) is 2. The van der Waals surface area contributed by atoms with E-state index in [9.17, 15) is 19.5 Å². The number of amides is 1. The van der Waals surface area contributed by atoms with Crippen molar-refractivity contribution in [3.8, 4) is 0 Å². The molecule has 0 aromatic heterocycles. The van der Waals surface area contributed by atoms with Crippen LogP contribution in [-0.4, -0.2) is 53.6 Å². The van der Waals surface area contributed by atoms with Crippen molar-refractivity contribution in [1.82, 2.24) is 4.90 Å². The zero-order valence-corrected chi connectivity index (χ0v) is 18.3. The average molecular weight is 445 g/mol. The molecule has 1 aliphatic rings. The molecule has 0 radical (unpaired) electrons. The van der Waals surface area contributed by atoms with E-state index in [1.54, 1.807) is 17.1 Å². The summed E-state index contributed by atoms with van der Waals surface area (Å²) in [6.45, 7) is 8.37. The third kappa shape index (κ3) is 7.03. The third-order valence-corrected chi connectivity index (χ3v) is 5.49. The average Bonchev–Trinajstić information content (AvgIpc) is 2.78. The molecule has 8 nitrogen and oxygen atoms in total. The molecule has 0 bridgehead atoms. The van der Waals surface area contributed by atoms with Crippen molar-refractivity contribution in [2.45, 2.75) is 44.4 Å². The van der Waals surface area contributed by atoms with Crippen LogP contribution in [-0.2, 0) is 30.5 Å². The minimum absolute atomic E-state index is 0.0561. The second kappa shape index (κ2) is 12.8. The topological polar surface area (TPSA) is 119 Å². The summed E-state index contributed by atoms with van der Waals surface area (Å²) in [6, 6.07) is 6.39. The molecule has 2 rings (SSSR count). The number of carbonyl (C=O) groups excluding carboxylic acids is 2. The van der Waals surface area contributed by atoms with Crippen LogP contribution in [0.3, 0.4) is 0 Å². The molecule has 1 amide bonds. The highest BCUT2D eigenvalue weighted by Gasteiger charge is 2.35. The van der Waals surface area contributed by atoms with Gasteiger partial charge in [0.1, 0.15) is 18.6 Å². The normalized spacial score (nSPS) is 17.8. The largest absolute Gasteiger partial charge is 0.480 e. The van der Waals surface area contributed by atoms with Crippen LogP contribution in [0.2, 0.25) is 0 Å². The van der Waals surface area contributed by atoms with Gasteiger partial charge in [-0.1, -0.05) is 36.4 Å². The van der Waals surface area contributed by atoms with Crippen molar-refractivity contribution >= 4 is 17.8 Å². The molecule has 0 spiro atoms. The van der Waals surface area contributed by atoms with Gasteiger partial charge in [0, 0.05) is 19.7 Å². The molecular weight excluding hydrogens is 412 g/mol. The maximum Gasteiger partial charge on any atom is 0.320 e. The van der Waals surface area contributed by atoms with E-state index in [-0.39, 0.29) is 32.2 Å². The summed E-state index contributed by atoms with van der Waals surface area (Å²) in [5, 5.41) is 9.67. The lowest BCUT2D eigenvalue weighted by molar-refractivity contribution is -0.155. The summed E-state index contributed by atoms with van der Waals surface area (Å²) >= 11 is 0. The van der Waals surface area contributed by atoms with Crippen molar-refractivity contribution in [3.63, 3.8) is 0 Å². The van der Waals surface area contributed by atoms with Gasteiger partial charge in [-0.05, 0) is 36.8 Å². The fourth-order valence-corrected chi connectivity index (χ4v) is 3.83. The van der Waals surface area contributed by atoms with E-state index >= 15 is 0 Å². The van der Waals surface area contributed by atoms with Crippen molar-refractivity contribution < 1.29 is 29.0 Å². The monoisotopic (exact) mass is 444 g/mol. The van der Waals surface area contributed by atoms with Crippen LogP contribution >= 0.6 is 0 Å².